The van der Waals surface area contributed by atoms with Crippen LogP contribution in [0.1, 0.15) is 38.2 Å². The van der Waals surface area contributed by atoms with Gasteiger partial charge in [0.1, 0.15) is 5.82 Å². The molecule has 0 radical (unpaired) electrons. The number of hydrogen-bond donors (Lipinski definition) is 1. The molecule has 0 bridgehead atoms. The van der Waals surface area contributed by atoms with Gasteiger partial charge in [0, 0.05) is 21.5 Å². The summed E-state index contributed by atoms with van der Waals surface area (Å²) in [4.78, 5) is 0. The zero-order valence-electron chi connectivity index (χ0n) is 9.47. The second-order valence-corrected chi connectivity index (χ2v) is 5.60. The molecule has 88 valence electrons. The lowest BCUT2D eigenvalue weighted by Gasteiger charge is -2.35. The van der Waals surface area contributed by atoms with Crippen LogP contribution in [0, 0.1) is 5.82 Å². The van der Waals surface area contributed by atoms with Gasteiger partial charge < -0.3 is 5.73 Å². The average molecular weight is 286 g/mol. The monoisotopic (exact) mass is 285 g/mol. The average Bonchev–Trinajstić information content (AvgIpc) is 2.67. The molecular weight excluding hydrogens is 269 g/mol. The lowest BCUT2D eigenvalue weighted by Crippen LogP contribution is -2.42. The Morgan fingerprint density at radius 2 is 2.00 bits per heavy atom. The molecule has 1 saturated carbocycles. The van der Waals surface area contributed by atoms with Crippen molar-refractivity contribution in [2.24, 2.45) is 5.73 Å². The van der Waals surface area contributed by atoms with Gasteiger partial charge in [0.2, 0.25) is 0 Å². The van der Waals surface area contributed by atoms with Crippen LogP contribution in [0.25, 0.3) is 0 Å². The predicted molar refractivity (Wildman–Crippen MR) is 67.9 cm³/mol. The van der Waals surface area contributed by atoms with E-state index in [0.29, 0.717) is 0 Å². The zero-order valence-corrected chi connectivity index (χ0v) is 11.1. The fourth-order valence-electron chi connectivity index (χ4n) is 2.91. The Balaban J connectivity index is 2.55. The quantitative estimate of drug-likeness (QED) is 0.880. The predicted octanol–water partition coefficient (Wildman–Crippen LogP) is 3.75. The molecule has 0 aromatic heterocycles. The molecule has 0 saturated heterocycles. The molecule has 0 amide bonds. The molecule has 1 aliphatic rings. The maximum atomic E-state index is 14.0. The third kappa shape index (κ3) is 1.80. The molecule has 0 spiro atoms. The Labute approximate surface area is 104 Å². The molecule has 1 aliphatic carbocycles. The van der Waals surface area contributed by atoms with E-state index < -0.39 is 0 Å². The number of rotatable bonds is 2. The summed E-state index contributed by atoms with van der Waals surface area (Å²) in [5.74, 6) is -0.131. The summed E-state index contributed by atoms with van der Waals surface area (Å²) in [5, 5.41) is 0. The standard InChI is InChI=1S/C13H17BrFN/c1-9(16)13(7-2-3-8-13)12-10(14)5-4-6-11(12)15/h4-6,9H,2-3,7-8,16H2,1H3. The smallest absolute Gasteiger partial charge is 0.128 e. The maximum Gasteiger partial charge on any atom is 0.128 e. The van der Waals surface area contributed by atoms with E-state index in [2.05, 4.69) is 15.9 Å². The molecule has 1 atom stereocenters. The van der Waals surface area contributed by atoms with Crippen molar-refractivity contribution in [2.75, 3.05) is 0 Å². The van der Waals surface area contributed by atoms with Crippen molar-refractivity contribution in [2.45, 2.75) is 44.1 Å². The molecule has 1 nitrogen and oxygen atoms in total. The molecule has 0 aliphatic heterocycles. The van der Waals surface area contributed by atoms with E-state index in [1.807, 2.05) is 13.0 Å². The summed E-state index contributed by atoms with van der Waals surface area (Å²) < 4.78 is 14.9. The summed E-state index contributed by atoms with van der Waals surface area (Å²) in [5.41, 5.74) is 6.72. The molecule has 1 fully saturated rings. The van der Waals surface area contributed by atoms with Gasteiger partial charge in [0.05, 0.1) is 0 Å². The Kier molecular flexibility index (Phi) is 3.36. The molecule has 1 aromatic rings. The van der Waals surface area contributed by atoms with Crippen LogP contribution in [0.5, 0.6) is 0 Å². The van der Waals surface area contributed by atoms with Crippen molar-refractivity contribution < 1.29 is 4.39 Å². The molecule has 1 unspecified atom stereocenters. The minimum absolute atomic E-state index is 0.0109. The van der Waals surface area contributed by atoms with Crippen LogP contribution in [0.3, 0.4) is 0 Å². The van der Waals surface area contributed by atoms with Gasteiger partial charge in [-0.1, -0.05) is 34.8 Å². The maximum absolute atomic E-state index is 14.0. The Hall–Kier alpha value is -0.410. The highest BCUT2D eigenvalue weighted by Crippen LogP contribution is 2.46. The molecular formula is C13H17BrFN. The summed E-state index contributed by atoms with van der Waals surface area (Å²) in [6, 6.07) is 5.15. The van der Waals surface area contributed by atoms with Crippen molar-refractivity contribution >= 4 is 15.9 Å². The van der Waals surface area contributed by atoms with Crippen LogP contribution >= 0.6 is 15.9 Å². The van der Waals surface area contributed by atoms with Crippen LogP contribution in [-0.2, 0) is 5.41 Å². The van der Waals surface area contributed by atoms with Crippen LogP contribution in [0.4, 0.5) is 4.39 Å². The molecule has 1 aromatic carbocycles. The number of hydrogen-bond acceptors (Lipinski definition) is 1. The summed E-state index contributed by atoms with van der Waals surface area (Å²) in [6.07, 6.45) is 4.26. The fourth-order valence-corrected chi connectivity index (χ4v) is 3.65. The van der Waals surface area contributed by atoms with Gasteiger partial charge in [-0.3, -0.25) is 0 Å². The van der Waals surface area contributed by atoms with E-state index >= 15 is 0 Å². The van der Waals surface area contributed by atoms with Crippen LogP contribution < -0.4 is 5.73 Å². The van der Waals surface area contributed by atoms with Crippen LogP contribution in [-0.4, -0.2) is 6.04 Å². The normalized spacial score (nSPS) is 21.0. The van der Waals surface area contributed by atoms with Gasteiger partial charge in [-0.15, -0.1) is 0 Å². The van der Waals surface area contributed by atoms with E-state index in [-0.39, 0.29) is 17.3 Å². The molecule has 0 heterocycles. The van der Waals surface area contributed by atoms with Gasteiger partial charge in [0.25, 0.3) is 0 Å². The van der Waals surface area contributed by atoms with E-state index in [4.69, 9.17) is 5.73 Å². The molecule has 3 heteroatoms. The van der Waals surface area contributed by atoms with E-state index in [0.717, 1.165) is 35.7 Å². The molecule has 16 heavy (non-hydrogen) atoms. The van der Waals surface area contributed by atoms with Crippen LogP contribution in [0.2, 0.25) is 0 Å². The van der Waals surface area contributed by atoms with Gasteiger partial charge in [0.15, 0.2) is 0 Å². The SMILES string of the molecule is CC(N)C1(c2c(F)cccc2Br)CCCC1. The van der Waals surface area contributed by atoms with Crippen molar-refractivity contribution in [3.63, 3.8) is 0 Å². The minimum atomic E-state index is -0.176. The van der Waals surface area contributed by atoms with Crippen molar-refractivity contribution in [1.82, 2.24) is 0 Å². The lowest BCUT2D eigenvalue weighted by atomic mass is 9.73. The Morgan fingerprint density at radius 3 is 2.50 bits per heavy atom. The highest BCUT2D eigenvalue weighted by Gasteiger charge is 2.41. The zero-order chi connectivity index (χ0) is 11.8. The van der Waals surface area contributed by atoms with E-state index in [9.17, 15) is 4.39 Å². The third-order valence-corrected chi connectivity index (χ3v) is 4.49. The highest BCUT2D eigenvalue weighted by atomic mass is 79.9. The third-order valence-electron chi connectivity index (χ3n) is 3.83. The second-order valence-electron chi connectivity index (χ2n) is 4.75. The first-order valence-electron chi connectivity index (χ1n) is 5.78. The number of nitrogens with two attached hydrogens (primary N) is 1. The van der Waals surface area contributed by atoms with Gasteiger partial charge in [-0.25, -0.2) is 4.39 Å². The van der Waals surface area contributed by atoms with Crippen molar-refractivity contribution in [1.29, 1.82) is 0 Å². The fraction of sp³-hybridized carbons (Fsp3) is 0.538. The van der Waals surface area contributed by atoms with E-state index in [1.54, 1.807) is 6.07 Å². The first kappa shape index (κ1) is 12.1. The van der Waals surface area contributed by atoms with Gasteiger partial charge >= 0.3 is 0 Å². The summed E-state index contributed by atoms with van der Waals surface area (Å²) in [7, 11) is 0. The van der Waals surface area contributed by atoms with Crippen LogP contribution in [0.15, 0.2) is 22.7 Å². The number of benzene rings is 1. The van der Waals surface area contributed by atoms with Crippen molar-refractivity contribution in [3.8, 4) is 0 Å². The molecule has 2 N–H and O–H groups in total. The summed E-state index contributed by atoms with van der Waals surface area (Å²) >= 11 is 3.47. The Bertz CT molecular complexity index is 363. The number of halogens is 2. The minimum Gasteiger partial charge on any atom is -0.327 e. The lowest BCUT2D eigenvalue weighted by molar-refractivity contribution is 0.351. The van der Waals surface area contributed by atoms with Gasteiger partial charge in [-0.2, -0.15) is 0 Å². The molecule has 2 rings (SSSR count). The Morgan fingerprint density at radius 1 is 1.38 bits per heavy atom. The first-order chi connectivity index (χ1) is 7.58. The van der Waals surface area contributed by atoms with Gasteiger partial charge in [-0.05, 0) is 31.9 Å². The van der Waals surface area contributed by atoms with Crippen molar-refractivity contribution in [3.05, 3.63) is 34.1 Å². The first-order valence-corrected chi connectivity index (χ1v) is 6.57. The topological polar surface area (TPSA) is 26.0 Å². The highest BCUT2D eigenvalue weighted by molar-refractivity contribution is 9.10. The largest absolute Gasteiger partial charge is 0.327 e. The second kappa shape index (κ2) is 4.46. The van der Waals surface area contributed by atoms with E-state index in [1.165, 1.54) is 6.07 Å². The summed E-state index contributed by atoms with van der Waals surface area (Å²) in [6.45, 7) is 1.99.